The van der Waals surface area contributed by atoms with Gasteiger partial charge in [-0.15, -0.1) is 11.3 Å². The van der Waals surface area contributed by atoms with Crippen LogP contribution in [0.2, 0.25) is 0 Å². The number of nitrogens with zero attached hydrogens (tertiary/aromatic N) is 1. The van der Waals surface area contributed by atoms with Gasteiger partial charge in [0, 0.05) is 11.4 Å². The number of amides is 1. The van der Waals surface area contributed by atoms with E-state index in [-0.39, 0.29) is 0 Å². The summed E-state index contributed by atoms with van der Waals surface area (Å²) in [5.74, 6) is 0.482. The summed E-state index contributed by atoms with van der Waals surface area (Å²) in [6.45, 7) is 0.535. The van der Waals surface area contributed by atoms with Gasteiger partial charge >= 0.3 is 6.09 Å². The van der Waals surface area contributed by atoms with Crippen molar-refractivity contribution in [3.8, 4) is 10.4 Å². The van der Waals surface area contributed by atoms with E-state index >= 15 is 0 Å². The third-order valence-corrected chi connectivity index (χ3v) is 4.41. The molecule has 4 nitrogen and oxygen atoms in total. The lowest BCUT2D eigenvalue weighted by molar-refractivity contribution is 0.201. The van der Waals surface area contributed by atoms with Gasteiger partial charge in [-0.25, -0.2) is 4.79 Å². The summed E-state index contributed by atoms with van der Waals surface area (Å²) in [6, 6.07) is 9.59. The first-order valence-electron chi connectivity index (χ1n) is 6.59. The number of nitrogens with two attached hydrogens (primary N) is 1. The van der Waals surface area contributed by atoms with Crippen LogP contribution in [0.4, 0.5) is 16.2 Å². The monoisotopic (exact) mass is 288 g/mol. The normalized spacial score (nSPS) is 14.2. The van der Waals surface area contributed by atoms with Crippen LogP contribution in [-0.2, 0) is 0 Å². The topological polar surface area (TPSA) is 66.6 Å². The zero-order chi connectivity index (χ0) is 14.1. The first kappa shape index (κ1) is 13.0. The van der Waals surface area contributed by atoms with Crippen LogP contribution in [0, 0.1) is 5.92 Å². The minimum atomic E-state index is -0.938. The van der Waals surface area contributed by atoms with Crippen LogP contribution >= 0.6 is 11.3 Å². The van der Waals surface area contributed by atoms with Crippen molar-refractivity contribution < 1.29 is 9.90 Å². The van der Waals surface area contributed by atoms with Crippen molar-refractivity contribution in [1.82, 2.24) is 0 Å². The molecule has 2 aromatic rings. The minimum Gasteiger partial charge on any atom is -0.465 e. The zero-order valence-electron chi connectivity index (χ0n) is 11.0. The maximum atomic E-state index is 11.5. The first-order valence-corrected chi connectivity index (χ1v) is 7.47. The summed E-state index contributed by atoms with van der Waals surface area (Å²) in [7, 11) is 0. The van der Waals surface area contributed by atoms with Crippen molar-refractivity contribution in [2.24, 2.45) is 5.92 Å². The molecule has 1 saturated carbocycles. The number of anilines is 2. The molecule has 3 N–H and O–H groups in total. The smallest absolute Gasteiger partial charge is 0.411 e. The molecule has 1 aromatic carbocycles. The van der Waals surface area contributed by atoms with Gasteiger partial charge < -0.3 is 10.8 Å². The fourth-order valence-corrected chi connectivity index (χ4v) is 2.94. The van der Waals surface area contributed by atoms with Crippen molar-refractivity contribution in [2.45, 2.75) is 12.8 Å². The Hall–Kier alpha value is -2.01. The number of nitrogen functional groups attached to an aromatic ring is 1. The Kier molecular flexibility index (Phi) is 3.36. The molecule has 1 amide bonds. The summed E-state index contributed by atoms with van der Waals surface area (Å²) >= 11 is 1.63. The molecule has 0 spiro atoms. The van der Waals surface area contributed by atoms with E-state index in [1.165, 1.54) is 4.90 Å². The van der Waals surface area contributed by atoms with Crippen LogP contribution < -0.4 is 10.6 Å². The third-order valence-electron chi connectivity index (χ3n) is 3.50. The maximum Gasteiger partial charge on any atom is 0.411 e. The van der Waals surface area contributed by atoms with Gasteiger partial charge in [0.05, 0.1) is 11.4 Å². The Bertz CT molecular complexity index is 621. The summed E-state index contributed by atoms with van der Waals surface area (Å²) in [5, 5.41) is 11.4. The Morgan fingerprint density at radius 3 is 2.80 bits per heavy atom. The van der Waals surface area contributed by atoms with E-state index in [9.17, 15) is 9.90 Å². The van der Waals surface area contributed by atoms with Crippen LogP contribution in [0.25, 0.3) is 10.4 Å². The summed E-state index contributed by atoms with van der Waals surface area (Å²) in [6.07, 6.45) is 1.27. The Morgan fingerprint density at radius 2 is 2.20 bits per heavy atom. The molecule has 104 valence electrons. The van der Waals surface area contributed by atoms with Gasteiger partial charge in [0.15, 0.2) is 0 Å². The molecule has 0 radical (unpaired) electrons. The van der Waals surface area contributed by atoms with E-state index in [4.69, 9.17) is 5.73 Å². The molecule has 20 heavy (non-hydrogen) atoms. The molecule has 0 atom stereocenters. The molecule has 1 aliphatic carbocycles. The highest BCUT2D eigenvalue weighted by molar-refractivity contribution is 7.13. The van der Waals surface area contributed by atoms with Crippen LogP contribution in [-0.4, -0.2) is 17.7 Å². The maximum absolute atomic E-state index is 11.5. The second-order valence-electron chi connectivity index (χ2n) is 5.09. The van der Waals surface area contributed by atoms with Crippen LogP contribution in [0.15, 0.2) is 35.7 Å². The predicted molar refractivity (Wildman–Crippen MR) is 82.3 cm³/mol. The molecule has 0 aliphatic heterocycles. The highest BCUT2D eigenvalue weighted by Gasteiger charge is 2.28. The molecule has 3 rings (SSSR count). The molecule has 5 heteroatoms. The lowest BCUT2D eigenvalue weighted by Crippen LogP contribution is -2.31. The third kappa shape index (κ3) is 2.63. The Morgan fingerprint density at radius 1 is 1.40 bits per heavy atom. The largest absolute Gasteiger partial charge is 0.465 e. The number of carboxylic acid groups (broad SMARTS) is 1. The number of benzene rings is 1. The Balaban J connectivity index is 1.97. The fourth-order valence-electron chi connectivity index (χ4n) is 2.21. The minimum absolute atomic E-state index is 0.482. The number of thiophene rings is 1. The van der Waals surface area contributed by atoms with E-state index in [1.807, 2.05) is 29.6 Å². The number of hydrogen-bond acceptors (Lipinski definition) is 3. The predicted octanol–water partition coefficient (Wildman–Crippen LogP) is 3.89. The molecule has 0 unspecified atom stereocenters. The first-order chi connectivity index (χ1) is 9.65. The van der Waals surface area contributed by atoms with Gasteiger partial charge in [-0.05, 0) is 47.9 Å². The fraction of sp³-hybridized carbons (Fsp3) is 0.267. The molecular weight excluding hydrogens is 272 g/mol. The van der Waals surface area contributed by atoms with Crippen molar-refractivity contribution in [3.05, 3.63) is 35.7 Å². The van der Waals surface area contributed by atoms with E-state index < -0.39 is 6.09 Å². The van der Waals surface area contributed by atoms with Gasteiger partial charge in [0.1, 0.15) is 0 Å². The van der Waals surface area contributed by atoms with Gasteiger partial charge in [-0.3, -0.25) is 4.90 Å². The highest BCUT2D eigenvalue weighted by atomic mass is 32.1. The van der Waals surface area contributed by atoms with E-state index in [0.717, 1.165) is 23.3 Å². The molecular formula is C15H16N2O2S. The average molecular weight is 288 g/mol. The van der Waals surface area contributed by atoms with Gasteiger partial charge in [-0.2, -0.15) is 0 Å². The number of rotatable bonds is 4. The molecule has 1 heterocycles. The van der Waals surface area contributed by atoms with Crippen LogP contribution in [0.5, 0.6) is 0 Å². The summed E-state index contributed by atoms with van der Waals surface area (Å²) in [5.41, 5.74) is 8.08. The quantitative estimate of drug-likeness (QED) is 0.839. The van der Waals surface area contributed by atoms with Crippen LogP contribution in [0.1, 0.15) is 12.8 Å². The SMILES string of the molecule is Nc1ccc(-c2cccs2)cc1N(CC1CC1)C(=O)O. The molecule has 0 bridgehead atoms. The molecule has 0 saturated heterocycles. The van der Waals surface area contributed by atoms with Crippen molar-refractivity contribution >= 4 is 28.8 Å². The number of carbonyl (C=O) groups is 1. The highest BCUT2D eigenvalue weighted by Crippen LogP contribution is 2.36. The number of hydrogen-bond donors (Lipinski definition) is 2. The second kappa shape index (κ2) is 5.17. The van der Waals surface area contributed by atoms with Gasteiger partial charge in [-0.1, -0.05) is 12.1 Å². The zero-order valence-corrected chi connectivity index (χ0v) is 11.8. The Labute approximate surface area is 121 Å². The molecule has 1 fully saturated rings. The van der Waals surface area contributed by atoms with Gasteiger partial charge in [0.2, 0.25) is 0 Å². The van der Waals surface area contributed by atoms with E-state index in [0.29, 0.717) is 23.8 Å². The summed E-state index contributed by atoms with van der Waals surface area (Å²) in [4.78, 5) is 14.0. The lowest BCUT2D eigenvalue weighted by Gasteiger charge is -2.21. The lowest BCUT2D eigenvalue weighted by atomic mass is 10.1. The van der Waals surface area contributed by atoms with Gasteiger partial charge in [0.25, 0.3) is 0 Å². The molecule has 1 aliphatic rings. The standard InChI is InChI=1S/C15H16N2O2S/c16-12-6-5-11(14-2-1-7-20-14)8-13(12)17(15(18)19)9-10-3-4-10/h1-2,5-8,10H,3-4,9,16H2,(H,18,19). The second-order valence-corrected chi connectivity index (χ2v) is 6.04. The van der Waals surface area contributed by atoms with E-state index in [1.54, 1.807) is 17.4 Å². The average Bonchev–Trinajstić information content (AvgIpc) is 3.08. The van der Waals surface area contributed by atoms with E-state index in [2.05, 4.69) is 0 Å². The summed E-state index contributed by atoms with van der Waals surface area (Å²) < 4.78 is 0. The van der Waals surface area contributed by atoms with Crippen molar-refractivity contribution in [1.29, 1.82) is 0 Å². The van der Waals surface area contributed by atoms with Crippen molar-refractivity contribution in [2.75, 3.05) is 17.2 Å². The molecule has 1 aromatic heterocycles. The van der Waals surface area contributed by atoms with Crippen molar-refractivity contribution in [3.63, 3.8) is 0 Å². The van der Waals surface area contributed by atoms with Crippen LogP contribution in [0.3, 0.4) is 0 Å².